The summed E-state index contributed by atoms with van der Waals surface area (Å²) in [6.07, 6.45) is 10.4. The van der Waals surface area contributed by atoms with Crippen molar-refractivity contribution in [1.82, 2.24) is 14.0 Å². The zero-order valence-electron chi connectivity index (χ0n) is 18.9. The maximum Gasteiger partial charge on any atom is 0.242 e. The smallest absolute Gasteiger partial charge is 0.242 e. The largest absolute Gasteiger partial charge is 0.341 e. The normalized spacial score (nSPS) is 31.4. The van der Waals surface area contributed by atoms with Gasteiger partial charge in [0, 0.05) is 18.5 Å². The lowest BCUT2D eigenvalue weighted by atomic mass is 9.48. The van der Waals surface area contributed by atoms with Crippen LogP contribution in [0.4, 0.5) is 0 Å². The molecule has 4 bridgehead atoms. The number of para-hydroxylation sites is 2. The van der Waals surface area contributed by atoms with Crippen molar-refractivity contribution in [1.29, 1.82) is 5.41 Å². The number of Topliss-reactive ketones (excluding diaryl/α,β-unsaturated/α-hetero) is 1. The minimum Gasteiger partial charge on any atom is -0.341 e. The molecule has 2 heterocycles. The maximum absolute atomic E-state index is 13.8. The van der Waals surface area contributed by atoms with Crippen molar-refractivity contribution in [3.63, 3.8) is 0 Å². The summed E-state index contributed by atoms with van der Waals surface area (Å²) < 4.78 is 3.67. The molecular formula is C26H34N4O2. The number of hydrogen-bond donors (Lipinski definition) is 1. The Morgan fingerprint density at radius 3 is 1.94 bits per heavy atom. The van der Waals surface area contributed by atoms with Crippen LogP contribution in [-0.2, 0) is 22.7 Å². The highest BCUT2D eigenvalue weighted by molar-refractivity contribution is 5.87. The summed E-state index contributed by atoms with van der Waals surface area (Å²) in [5.41, 5.74) is 1.87. The first-order valence-electron chi connectivity index (χ1n) is 12.6. The van der Waals surface area contributed by atoms with Gasteiger partial charge in [0.1, 0.15) is 6.54 Å². The number of ketones is 1. The number of nitrogens with zero attached hydrogens (tertiary/aromatic N) is 3. The quantitative estimate of drug-likeness (QED) is 0.779. The number of likely N-dealkylation sites (tertiary alicyclic amines) is 1. The minimum absolute atomic E-state index is 0.0820. The summed E-state index contributed by atoms with van der Waals surface area (Å²) in [7, 11) is 0. The van der Waals surface area contributed by atoms with E-state index in [0.717, 1.165) is 74.0 Å². The number of imidazole rings is 1. The van der Waals surface area contributed by atoms with Gasteiger partial charge in [0.05, 0.1) is 17.6 Å². The standard InChI is InChI=1S/C26H34N4O2/c27-25-29(16-23(31)26-13-18-10-19(14-26)12-20(11-18)15-26)21-6-2-3-7-22(21)30(25)17-24(32)28-8-4-1-5-9-28/h2-3,6-7,18-20,27H,1,4-5,8-17H2. The van der Waals surface area contributed by atoms with Gasteiger partial charge in [-0.25, -0.2) is 0 Å². The molecule has 5 fully saturated rings. The number of benzene rings is 1. The van der Waals surface area contributed by atoms with E-state index in [1.165, 1.54) is 25.7 Å². The van der Waals surface area contributed by atoms with E-state index >= 15 is 0 Å². The van der Waals surface area contributed by atoms with Gasteiger partial charge in [-0.15, -0.1) is 0 Å². The lowest BCUT2D eigenvalue weighted by molar-refractivity contribution is -0.144. The molecule has 4 saturated carbocycles. The van der Waals surface area contributed by atoms with Crippen LogP contribution in [-0.4, -0.2) is 38.8 Å². The van der Waals surface area contributed by atoms with Crippen molar-refractivity contribution in [3.05, 3.63) is 29.9 Å². The van der Waals surface area contributed by atoms with Crippen LogP contribution in [0, 0.1) is 28.6 Å². The van der Waals surface area contributed by atoms with Crippen molar-refractivity contribution in [3.8, 4) is 0 Å². The average Bonchev–Trinajstić information content (AvgIpc) is 3.05. The molecule has 170 valence electrons. The molecule has 4 aliphatic carbocycles. The Labute approximate surface area is 189 Å². The predicted molar refractivity (Wildman–Crippen MR) is 122 cm³/mol. The molecular weight excluding hydrogens is 400 g/mol. The fraction of sp³-hybridized carbons (Fsp3) is 0.654. The van der Waals surface area contributed by atoms with E-state index in [1.54, 1.807) is 4.57 Å². The zero-order chi connectivity index (χ0) is 21.9. The fourth-order valence-corrected chi connectivity index (χ4v) is 7.76. The van der Waals surface area contributed by atoms with Gasteiger partial charge in [0.2, 0.25) is 11.5 Å². The first-order valence-corrected chi connectivity index (χ1v) is 12.6. The molecule has 0 radical (unpaired) electrons. The van der Waals surface area contributed by atoms with Crippen molar-refractivity contribution in [2.45, 2.75) is 70.9 Å². The van der Waals surface area contributed by atoms with Gasteiger partial charge < -0.3 is 14.0 Å². The van der Waals surface area contributed by atoms with Crippen LogP contribution >= 0.6 is 0 Å². The van der Waals surface area contributed by atoms with Gasteiger partial charge in [-0.1, -0.05) is 12.1 Å². The third kappa shape index (κ3) is 3.25. The Hall–Kier alpha value is -2.37. The molecule has 1 aromatic heterocycles. The van der Waals surface area contributed by atoms with Crippen LogP contribution in [0.25, 0.3) is 11.0 Å². The summed E-state index contributed by atoms with van der Waals surface area (Å²) in [5.74, 6) is 2.59. The second kappa shape index (κ2) is 7.60. The van der Waals surface area contributed by atoms with Gasteiger partial charge in [0.25, 0.3) is 0 Å². The summed E-state index contributed by atoms with van der Waals surface area (Å²) in [5, 5.41) is 8.92. The zero-order valence-corrected chi connectivity index (χ0v) is 18.9. The lowest BCUT2D eigenvalue weighted by Crippen LogP contribution is -2.51. The van der Waals surface area contributed by atoms with E-state index in [4.69, 9.17) is 5.41 Å². The number of amides is 1. The third-order valence-electron chi connectivity index (χ3n) is 8.91. The molecule has 0 atom stereocenters. The Kier molecular flexibility index (Phi) is 4.81. The number of fused-ring (bicyclic) bond motifs is 1. The molecule has 2 aromatic rings. The van der Waals surface area contributed by atoms with Gasteiger partial charge >= 0.3 is 0 Å². The van der Waals surface area contributed by atoms with Gasteiger partial charge in [-0.3, -0.25) is 15.0 Å². The van der Waals surface area contributed by atoms with Gasteiger partial charge in [0.15, 0.2) is 5.78 Å². The lowest BCUT2D eigenvalue weighted by Gasteiger charge is -2.56. The number of aromatic nitrogens is 2. The number of carbonyl (C=O) groups excluding carboxylic acids is 2. The van der Waals surface area contributed by atoms with Crippen molar-refractivity contribution < 1.29 is 9.59 Å². The van der Waals surface area contributed by atoms with Crippen LogP contribution in [0.5, 0.6) is 0 Å². The molecule has 1 saturated heterocycles. The fourth-order valence-electron chi connectivity index (χ4n) is 7.76. The molecule has 1 aliphatic heterocycles. The summed E-state index contributed by atoms with van der Waals surface area (Å²) in [4.78, 5) is 28.7. The summed E-state index contributed by atoms with van der Waals surface area (Å²) in [6, 6.07) is 7.88. The minimum atomic E-state index is -0.166. The van der Waals surface area contributed by atoms with Crippen LogP contribution in [0.3, 0.4) is 0 Å². The van der Waals surface area contributed by atoms with Crippen molar-refractivity contribution in [2.75, 3.05) is 13.1 Å². The Morgan fingerprint density at radius 1 is 0.844 bits per heavy atom. The van der Waals surface area contributed by atoms with E-state index < -0.39 is 0 Å². The van der Waals surface area contributed by atoms with E-state index in [-0.39, 0.29) is 30.0 Å². The number of rotatable bonds is 5. The number of carbonyl (C=O) groups is 2. The Balaban J connectivity index is 1.30. The van der Waals surface area contributed by atoms with Gasteiger partial charge in [-0.2, -0.15) is 0 Å². The number of nitrogens with one attached hydrogen (secondary N) is 1. The molecule has 0 spiro atoms. The third-order valence-corrected chi connectivity index (χ3v) is 8.91. The molecule has 7 rings (SSSR count). The first-order chi connectivity index (χ1) is 15.5. The highest BCUT2D eigenvalue weighted by Crippen LogP contribution is 2.60. The molecule has 5 aliphatic rings. The molecule has 1 amide bonds. The second-order valence-electron chi connectivity index (χ2n) is 11.0. The Morgan fingerprint density at radius 2 is 1.38 bits per heavy atom. The number of piperidine rings is 1. The van der Waals surface area contributed by atoms with Crippen LogP contribution < -0.4 is 5.62 Å². The van der Waals surface area contributed by atoms with E-state index in [0.29, 0.717) is 5.78 Å². The van der Waals surface area contributed by atoms with Crippen LogP contribution in [0.1, 0.15) is 57.8 Å². The molecule has 6 heteroatoms. The average molecular weight is 435 g/mol. The molecule has 1 N–H and O–H groups in total. The summed E-state index contributed by atoms with van der Waals surface area (Å²) in [6.45, 7) is 2.07. The second-order valence-corrected chi connectivity index (χ2v) is 11.0. The molecule has 0 unspecified atom stereocenters. The monoisotopic (exact) mass is 434 g/mol. The molecule has 6 nitrogen and oxygen atoms in total. The Bertz CT molecular complexity index is 1090. The highest BCUT2D eigenvalue weighted by atomic mass is 16.2. The number of hydrogen-bond acceptors (Lipinski definition) is 3. The topological polar surface area (TPSA) is 71.1 Å². The van der Waals surface area contributed by atoms with E-state index in [9.17, 15) is 9.59 Å². The SMILES string of the molecule is N=c1n(CC(=O)N2CCCCC2)c2ccccc2n1CC(=O)C12CC3CC(CC(C3)C1)C2. The van der Waals surface area contributed by atoms with Crippen molar-refractivity contribution >= 4 is 22.7 Å². The van der Waals surface area contributed by atoms with Gasteiger partial charge in [-0.05, 0) is 87.7 Å². The molecule has 1 aromatic carbocycles. The summed E-state index contributed by atoms with van der Waals surface area (Å²) >= 11 is 0. The van der Waals surface area contributed by atoms with Crippen LogP contribution in [0.2, 0.25) is 0 Å². The predicted octanol–water partition coefficient (Wildman–Crippen LogP) is 3.72. The van der Waals surface area contributed by atoms with Crippen LogP contribution in [0.15, 0.2) is 24.3 Å². The molecule has 32 heavy (non-hydrogen) atoms. The first kappa shape index (κ1) is 20.3. The van der Waals surface area contributed by atoms with Crippen molar-refractivity contribution in [2.24, 2.45) is 23.2 Å². The van der Waals surface area contributed by atoms with E-state index in [1.807, 2.05) is 33.7 Å². The highest BCUT2D eigenvalue weighted by Gasteiger charge is 2.54. The maximum atomic E-state index is 13.8. The van der Waals surface area contributed by atoms with E-state index in [2.05, 4.69) is 0 Å².